The summed E-state index contributed by atoms with van der Waals surface area (Å²) in [7, 11) is -1.46. The molecule has 0 aliphatic rings. The molecule has 0 aliphatic carbocycles. The molecule has 5 heteroatoms. The second-order valence-corrected chi connectivity index (χ2v) is 6.53. The lowest BCUT2D eigenvalue weighted by Gasteiger charge is -2.00. The van der Waals surface area contributed by atoms with Crippen LogP contribution in [0.5, 0.6) is 11.5 Å². The second kappa shape index (κ2) is 12.1. The fraction of sp³-hybridized carbons (Fsp3) is 0.0400. The van der Waals surface area contributed by atoms with Crippen LogP contribution in [0, 0.1) is 6.92 Å². The first-order valence-electron chi connectivity index (χ1n) is 9.47. The monoisotopic (exact) mass is 400 g/mol. The maximum Gasteiger partial charge on any atom is 0.488 e. The highest BCUT2D eigenvalue weighted by molar-refractivity contribution is 6.58. The van der Waals surface area contributed by atoms with E-state index in [-0.39, 0.29) is 5.75 Å². The number of phenols is 2. The Labute approximate surface area is 177 Å². The second-order valence-electron chi connectivity index (χ2n) is 6.53. The highest BCUT2D eigenvalue weighted by Crippen LogP contribution is 2.20. The minimum Gasteiger partial charge on any atom is -0.508 e. The molecule has 0 unspecified atom stereocenters. The lowest BCUT2D eigenvalue weighted by molar-refractivity contribution is 0.425. The molecule has 0 saturated carbocycles. The Kier molecular flexibility index (Phi) is 9.19. The maximum atomic E-state index is 9.10. The summed E-state index contributed by atoms with van der Waals surface area (Å²) in [6.07, 6.45) is 0. The van der Waals surface area contributed by atoms with Crippen LogP contribution in [0.4, 0.5) is 0 Å². The molecule has 4 N–H and O–H groups in total. The van der Waals surface area contributed by atoms with Gasteiger partial charge in [-0.05, 0) is 47.8 Å². The van der Waals surface area contributed by atoms with Crippen LogP contribution in [-0.2, 0) is 0 Å². The molecule has 0 aromatic heterocycles. The lowest BCUT2D eigenvalue weighted by atomic mass is 9.80. The zero-order chi connectivity index (χ0) is 21.8. The first-order chi connectivity index (χ1) is 14.5. The molecule has 30 heavy (non-hydrogen) atoms. The normalized spacial score (nSPS) is 9.43. The van der Waals surface area contributed by atoms with Crippen LogP contribution in [0.3, 0.4) is 0 Å². The van der Waals surface area contributed by atoms with Gasteiger partial charge in [0.1, 0.15) is 11.5 Å². The first-order valence-corrected chi connectivity index (χ1v) is 9.47. The Morgan fingerprint density at radius 2 is 0.900 bits per heavy atom. The van der Waals surface area contributed by atoms with Crippen molar-refractivity contribution in [3.8, 4) is 22.6 Å². The fourth-order valence-electron chi connectivity index (χ4n) is 2.47. The minimum absolute atomic E-state index is 0.115. The quantitative estimate of drug-likeness (QED) is 0.382. The third-order valence-corrected chi connectivity index (χ3v) is 4.11. The molecular formula is C25H25BO4. The summed E-state index contributed by atoms with van der Waals surface area (Å²) in [6, 6.07) is 33.2. The van der Waals surface area contributed by atoms with E-state index in [4.69, 9.17) is 20.3 Å². The van der Waals surface area contributed by atoms with Crippen LogP contribution in [0.2, 0.25) is 0 Å². The number of hydrogen-bond acceptors (Lipinski definition) is 4. The van der Waals surface area contributed by atoms with E-state index >= 15 is 0 Å². The number of aromatic hydroxyl groups is 2. The summed E-state index contributed by atoms with van der Waals surface area (Å²) in [4.78, 5) is 0. The Hall–Kier alpha value is -3.54. The van der Waals surface area contributed by atoms with Crippen molar-refractivity contribution < 1.29 is 20.3 Å². The fourth-order valence-corrected chi connectivity index (χ4v) is 2.47. The highest BCUT2D eigenvalue weighted by Gasteiger charge is 2.08. The van der Waals surface area contributed by atoms with E-state index in [0.29, 0.717) is 11.2 Å². The van der Waals surface area contributed by atoms with Gasteiger partial charge in [-0.2, -0.15) is 0 Å². The maximum absolute atomic E-state index is 9.10. The molecule has 4 aromatic rings. The summed E-state index contributed by atoms with van der Waals surface area (Å²) in [5.74, 6) is 0.420. The van der Waals surface area contributed by atoms with E-state index < -0.39 is 7.12 Å². The summed E-state index contributed by atoms with van der Waals surface area (Å²) >= 11 is 0. The lowest BCUT2D eigenvalue weighted by Crippen LogP contribution is -2.29. The van der Waals surface area contributed by atoms with Gasteiger partial charge in [0.05, 0.1) is 0 Å². The largest absolute Gasteiger partial charge is 0.508 e. The van der Waals surface area contributed by atoms with Crippen LogP contribution in [0.25, 0.3) is 11.1 Å². The van der Waals surface area contributed by atoms with Crippen LogP contribution in [-0.4, -0.2) is 27.4 Å². The number of phenolic OH excluding ortho intramolecular Hbond substituents is 2. The third kappa shape index (κ3) is 8.23. The van der Waals surface area contributed by atoms with Gasteiger partial charge in [-0.15, -0.1) is 0 Å². The van der Waals surface area contributed by atoms with Crippen molar-refractivity contribution in [2.75, 3.05) is 0 Å². The molecule has 0 aliphatic heterocycles. The Balaban J connectivity index is 0.000000168. The van der Waals surface area contributed by atoms with Gasteiger partial charge in [0.25, 0.3) is 0 Å². The molecule has 4 rings (SSSR count). The van der Waals surface area contributed by atoms with E-state index in [2.05, 4.69) is 19.1 Å². The van der Waals surface area contributed by atoms with Gasteiger partial charge in [-0.1, -0.05) is 90.5 Å². The van der Waals surface area contributed by atoms with Crippen molar-refractivity contribution in [1.82, 2.24) is 0 Å². The van der Waals surface area contributed by atoms with Gasteiger partial charge in [-0.25, -0.2) is 0 Å². The zero-order valence-electron chi connectivity index (χ0n) is 16.8. The molecule has 0 bridgehead atoms. The van der Waals surface area contributed by atoms with E-state index in [0.717, 1.165) is 5.56 Å². The van der Waals surface area contributed by atoms with Gasteiger partial charge in [0, 0.05) is 0 Å². The van der Waals surface area contributed by atoms with Gasteiger partial charge in [0.15, 0.2) is 0 Å². The Morgan fingerprint density at radius 1 is 0.500 bits per heavy atom. The van der Waals surface area contributed by atoms with Gasteiger partial charge >= 0.3 is 7.12 Å². The van der Waals surface area contributed by atoms with Crippen molar-refractivity contribution in [2.45, 2.75) is 6.92 Å². The molecule has 4 nitrogen and oxygen atoms in total. The number of aryl methyl sites for hydroxylation is 1. The van der Waals surface area contributed by atoms with Crippen molar-refractivity contribution in [3.05, 3.63) is 115 Å². The van der Waals surface area contributed by atoms with Gasteiger partial charge in [0.2, 0.25) is 0 Å². The molecule has 0 radical (unpaired) electrons. The van der Waals surface area contributed by atoms with Crippen LogP contribution in [0.15, 0.2) is 109 Å². The van der Waals surface area contributed by atoms with E-state index in [1.807, 2.05) is 60.7 Å². The minimum atomic E-state index is -1.46. The summed E-state index contributed by atoms with van der Waals surface area (Å²) in [5, 5.41) is 35.1. The molecule has 0 fully saturated rings. The molecule has 152 valence electrons. The molecule has 0 atom stereocenters. The molecular weight excluding hydrogens is 375 g/mol. The zero-order valence-corrected chi connectivity index (χ0v) is 16.8. The van der Waals surface area contributed by atoms with Crippen molar-refractivity contribution in [1.29, 1.82) is 0 Å². The summed E-state index contributed by atoms with van der Waals surface area (Å²) in [5.41, 5.74) is 3.99. The smallest absolute Gasteiger partial charge is 0.488 e. The van der Waals surface area contributed by atoms with E-state index in [1.54, 1.807) is 12.1 Å². The molecule has 0 saturated heterocycles. The van der Waals surface area contributed by atoms with Crippen LogP contribution in [0.1, 0.15) is 5.56 Å². The topological polar surface area (TPSA) is 80.9 Å². The standard InChI is InChI=1S/C12H10O.C7H8.C6H7BO3/c13-12-8-6-11(7-9-12)10-4-2-1-3-5-10;1-7-5-3-2-4-6-7;8-6-3-1-5(2-4-6)7(9)10/h1-9,13H;2-6H,1H3;1-4,8-10H. The number of rotatable bonds is 2. The summed E-state index contributed by atoms with van der Waals surface area (Å²) in [6.45, 7) is 2.08. The molecule has 0 spiro atoms. The van der Waals surface area contributed by atoms with Crippen molar-refractivity contribution in [3.63, 3.8) is 0 Å². The van der Waals surface area contributed by atoms with Gasteiger partial charge < -0.3 is 20.3 Å². The first kappa shape index (κ1) is 22.8. The van der Waals surface area contributed by atoms with Gasteiger partial charge in [-0.3, -0.25) is 0 Å². The van der Waals surface area contributed by atoms with Crippen molar-refractivity contribution >= 4 is 12.6 Å². The molecule has 0 amide bonds. The van der Waals surface area contributed by atoms with Crippen LogP contribution >= 0.6 is 0 Å². The average Bonchev–Trinajstić information content (AvgIpc) is 2.77. The Bertz CT molecular complexity index is 971. The Morgan fingerprint density at radius 3 is 1.30 bits per heavy atom. The number of benzene rings is 4. The highest BCUT2D eigenvalue weighted by atomic mass is 16.4. The molecule has 4 aromatic carbocycles. The van der Waals surface area contributed by atoms with Crippen LogP contribution < -0.4 is 5.46 Å². The predicted molar refractivity (Wildman–Crippen MR) is 123 cm³/mol. The van der Waals surface area contributed by atoms with E-state index in [9.17, 15) is 0 Å². The summed E-state index contributed by atoms with van der Waals surface area (Å²) < 4.78 is 0. The molecule has 0 heterocycles. The average molecular weight is 400 g/mol. The number of hydrogen-bond donors (Lipinski definition) is 4. The SMILES string of the molecule is Cc1ccccc1.OB(O)c1ccc(O)cc1.Oc1ccc(-c2ccccc2)cc1. The van der Waals surface area contributed by atoms with Crippen molar-refractivity contribution in [2.24, 2.45) is 0 Å². The predicted octanol–water partition coefficient (Wildman–Crippen LogP) is 4.13. The van der Waals surface area contributed by atoms with E-state index in [1.165, 1.54) is 35.4 Å². The third-order valence-electron chi connectivity index (χ3n) is 4.11.